The highest BCUT2D eigenvalue weighted by molar-refractivity contribution is 5.45. The molecule has 27 heavy (non-hydrogen) atoms. The van der Waals surface area contributed by atoms with Crippen LogP contribution in [0.25, 0.3) is 5.78 Å². The van der Waals surface area contributed by atoms with Crippen LogP contribution in [0.15, 0.2) is 67.0 Å². The number of hydrogen-bond acceptors (Lipinski definition) is 6. The SMILES string of the molecule is Cc1cc(NC(C)Oc2ccc(Oc3ccccc3)cc2)n2ncnc2n1. The molecule has 136 valence electrons. The van der Waals surface area contributed by atoms with Crippen LogP contribution in [-0.2, 0) is 0 Å². The summed E-state index contributed by atoms with van der Waals surface area (Å²) in [5.74, 6) is 3.60. The van der Waals surface area contributed by atoms with E-state index >= 15 is 0 Å². The molecular weight excluding hydrogens is 342 g/mol. The topological polar surface area (TPSA) is 73.6 Å². The number of fused-ring (bicyclic) bond motifs is 1. The van der Waals surface area contributed by atoms with Crippen molar-refractivity contribution in [2.24, 2.45) is 0 Å². The molecular formula is C20H19N5O2. The Bertz CT molecular complexity index is 1030. The van der Waals surface area contributed by atoms with Crippen molar-refractivity contribution >= 4 is 11.6 Å². The van der Waals surface area contributed by atoms with Crippen LogP contribution in [0.5, 0.6) is 17.2 Å². The van der Waals surface area contributed by atoms with Crippen LogP contribution in [-0.4, -0.2) is 25.8 Å². The molecule has 1 N–H and O–H groups in total. The molecule has 1 unspecified atom stereocenters. The number of hydrogen-bond donors (Lipinski definition) is 1. The van der Waals surface area contributed by atoms with E-state index in [1.54, 1.807) is 4.52 Å². The quantitative estimate of drug-likeness (QED) is 0.522. The first-order valence-corrected chi connectivity index (χ1v) is 8.61. The van der Waals surface area contributed by atoms with Gasteiger partial charge in [-0.15, -0.1) is 0 Å². The number of nitrogens with zero attached hydrogens (tertiary/aromatic N) is 4. The van der Waals surface area contributed by atoms with Crippen molar-refractivity contribution in [1.29, 1.82) is 0 Å². The van der Waals surface area contributed by atoms with E-state index in [0.29, 0.717) is 5.78 Å². The van der Waals surface area contributed by atoms with Gasteiger partial charge in [-0.25, -0.2) is 4.98 Å². The molecule has 4 aromatic rings. The maximum atomic E-state index is 5.94. The van der Waals surface area contributed by atoms with Gasteiger partial charge < -0.3 is 14.8 Å². The standard InChI is InChI=1S/C20H19N5O2/c1-14-12-19(25-20(23-14)21-13-22-25)24-15(2)26-17-8-10-18(11-9-17)27-16-6-4-3-5-7-16/h3-13,15,24H,1-2H3. The molecule has 0 fully saturated rings. The van der Waals surface area contributed by atoms with Gasteiger partial charge in [-0.2, -0.15) is 14.6 Å². The summed E-state index contributed by atoms with van der Waals surface area (Å²) in [6.07, 6.45) is 1.20. The number of ether oxygens (including phenoxy) is 2. The van der Waals surface area contributed by atoms with Gasteiger partial charge in [0, 0.05) is 11.8 Å². The molecule has 0 amide bonds. The molecule has 0 aliphatic carbocycles. The van der Waals surface area contributed by atoms with E-state index in [4.69, 9.17) is 9.47 Å². The van der Waals surface area contributed by atoms with Gasteiger partial charge >= 0.3 is 0 Å². The second kappa shape index (κ2) is 7.33. The van der Waals surface area contributed by atoms with Crippen LogP contribution in [0.2, 0.25) is 0 Å². The summed E-state index contributed by atoms with van der Waals surface area (Å²) in [6, 6.07) is 19.1. The first-order chi connectivity index (χ1) is 13.2. The Morgan fingerprint density at radius 2 is 1.67 bits per heavy atom. The summed E-state index contributed by atoms with van der Waals surface area (Å²) in [5.41, 5.74) is 0.854. The smallest absolute Gasteiger partial charge is 0.254 e. The number of nitrogens with one attached hydrogen (secondary N) is 1. The third-order valence-corrected chi connectivity index (χ3v) is 3.85. The molecule has 1 atom stereocenters. The lowest BCUT2D eigenvalue weighted by atomic mass is 10.3. The zero-order valence-corrected chi connectivity index (χ0v) is 15.0. The number of aromatic nitrogens is 4. The zero-order valence-electron chi connectivity index (χ0n) is 15.0. The normalized spacial score (nSPS) is 11.9. The molecule has 0 saturated heterocycles. The molecule has 7 heteroatoms. The van der Waals surface area contributed by atoms with Gasteiger partial charge in [-0.3, -0.25) is 0 Å². The fraction of sp³-hybridized carbons (Fsp3) is 0.150. The summed E-state index contributed by atoms with van der Waals surface area (Å²) < 4.78 is 13.4. The summed E-state index contributed by atoms with van der Waals surface area (Å²) in [7, 11) is 0. The summed E-state index contributed by atoms with van der Waals surface area (Å²) in [5, 5.41) is 7.46. The maximum absolute atomic E-state index is 5.94. The van der Waals surface area contributed by atoms with Gasteiger partial charge in [-0.1, -0.05) is 18.2 Å². The van der Waals surface area contributed by atoms with Crippen molar-refractivity contribution in [3.8, 4) is 17.2 Å². The molecule has 2 aromatic heterocycles. The maximum Gasteiger partial charge on any atom is 0.254 e. The largest absolute Gasteiger partial charge is 0.471 e. The average Bonchev–Trinajstić information content (AvgIpc) is 3.13. The molecule has 0 bridgehead atoms. The monoisotopic (exact) mass is 361 g/mol. The van der Waals surface area contributed by atoms with Crippen LogP contribution in [0, 0.1) is 6.92 Å². The number of rotatable bonds is 6. The van der Waals surface area contributed by atoms with Gasteiger partial charge in [0.05, 0.1) is 0 Å². The van der Waals surface area contributed by atoms with Crippen molar-refractivity contribution in [3.05, 3.63) is 72.7 Å². The molecule has 0 saturated carbocycles. The van der Waals surface area contributed by atoms with E-state index < -0.39 is 0 Å². The lowest BCUT2D eigenvalue weighted by Crippen LogP contribution is -2.24. The first kappa shape index (κ1) is 16.8. The number of aryl methyl sites for hydroxylation is 1. The highest BCUT2D eigenvalue weighted by Crippen LogP contribution is 2.24. The minimum atomic E-state index is -0.278. The Morgan fingerprint density at radius 3 is 2.44 bits per heavy atom. The lowest BCUT2D eigenvalue weighted by Gasteiger charge is -2.18. The fourth-order valence-electron chi connectivity index (χ4n) is 2.69. The minimum Gasteiger partial charge on any atom is -0.471 e. The molecule has 0 radical (unpaired) electrons. The van der Waals surface area contributed by atoms with Gasteiger partial charge in [0.1, 0.15) is 29.4 Å². The van der Waals surface area contributed by atoms with E-state index in [2.05, 4.69) is 20.4 Å². The Balaban J connectivity index is 1.42. The van der Waals surface area contributed by atoms with Gasteiger partial charge in [-0.05, 0) is 50.2 Å². The van der Waals surface area contributed by atoms with E-state index in [-0.39, 0.29) is 6.23 Å². The number of anilines is 1. The molecule has 4 rings (SSSR count). The molecule has 0 aliphatic heterocycles. The van der Waals surface area contributed by atoms with E-state index in [1.165, 1.54) is 6.33 Å². The molecule has 2 aromatic carbocycles. The molecule has 2 heterocycles. The lowest BCUT2D eigenvalue weighted by molar-refractivity contribution is 0.249. The highest BCUT2D eigenvalue weighted by Gasteiger charge is 2.10. The van der Waals surface area contributed by atoms with Crippen molar-refractivity contribution in [1.82, 2.24) is 19.6 Å². The van der Waals surface area contributed by atoms with Crippen molar-refractivity contribution in [2.45, 2.75) is 20.1 Å². The summed E-state index contributed by atoms with van der Waals surface area (Å²) >= 11 is 0. The second-order valence-electron chi connectivity index (χ2n) is 6.05. The van der Waals surface area contributed by atoms with Gasteiger partial charge in [0.15, 0.2) is 6.23 Å². The summed E-state index contributed by atoms with van der Waals surface area (Å²) in [6.45, 7) is 3.84. The van der Waals surface area contributed by atoms with E-state index in [9.17, 15) is 0 Å². The fourth-order valence-corrected chi connectivity index (χ4v) is 2.69. The van der Waals surface area contributed by atoms with Gasteiger partial charge in [0.25, 0.3) is 5.78 Å². The van der Waals surface area contributed by atoms with Crippen LogP contribution >= 0.6 is 0 Å². The second-order valence-corrected chi connectivity index (χ2v) is 6.05. The van der Waals surface area contributed by atoms with Crippen LogP contribution < -0.4 is 14.8 Å². The Morgan fingerprint density at radius 1 is 0.963 bits per heavy atom. The Hall–Kier alpha value is -3.61. The highest BCUT2D eigenvalue weighted by atomic mass is 16.5. The molecule has 0 aliphatic rings. The zero-order chi connectivity index (χ0) is 18.6. The van der Waals surface area contributed by atoms with Crippen molar-refractivity contribution in [2.75, 3.05) is 5.32 Å². The van der Waals surface area contributed by atoms with Crippen LogP contribution in [0.4, 0.5) is 5.82 Å². The van der Waals surface area contributed by atoms with Crippen LogP contribution in [0.3, 0.4) is 0 Å². The number of benzene rings is 2. The number of para-hydroxylation sites is 1. The predicted molar refractivity (Wildman–Crippen MR) is 102 cm³/mol. The Labute approximate surface area is 156 Å². The Kier molecular flexibility index (Phi) is 4.57. The van der Waals surface area contributed by atoms with Crippen LogP contribution in [0.1, 0.15) is 12.6 Å². The van der Waals surface area contributed by atoms with Crippen molar-refractivity contribution < 1.29 is 9.47 Å². The molecule has 7 nitrogen and oxygen atoms in total. The summed E-state index contributed by atoms with van der Waals surface area (Å²) in [4.78, 5) is 8.45. The van der Waals surface area contributed by atoms with Crippen molar-refractivity contribution in [3.63, 3.8) is 0 Å². The van der Waals surface area contributed by atoms with E-state index in [1.807, 2.05) is 74.5 Å². The average molecular weight is 361 g/mol. The minimum absolute atomic E-state index is 0.278. The third-order valence-electron chi connectivity index (χ3n) is 3.85. The predicted octanol–water partition coefficient (Wildman–Crippen LogP) is 4.06. The van der Waals surface area contributed by atoms with E-state index in [0.717, 1.165) is 28.8 Å². The first-order valence-electron chi connectivity index (χ1n) is 8.61. The third kappa shape index (κ3) is 3.98. The molecule has 0 spiro atoms. The van der Waals surface area contributed by atoms with Gasteiger partial charge in [0.2, 0.25) is 0 Å².